The van der Waals surface area contributed by atoms with Crippen LogP contribution < -0.4 is 0 Å². The molecule has 17 nitrogen and oxygen atoms in total. The molecule has 0 radical (unpaired) electrons. The lowest BCUT2D eigenvalue weighted by atomic mass is 9.99. The molecule has 3 N–H and O–H groups in total. The van der Waals surface area contributed by atoms with E-state index in [0.29, 0.717) is 25.7 Å². The zero-order valence-electron chi connectivity index (χ0n) is 61.8. The zero-order valence-corrected chi connectivity index (χ0v) is 63.6. The third kappa shape index (κ3) is 69.0. The topological polar surface area (TPSA) is 237 Å². The predicted octanol–water partition coefficient (Wildman–Crippen LogP) is 22.5. The van der Waals surface area contributed by atoms with E-state index in [9.17, 15) is 43.2 Å². The van der Waals surface area contributed by atoms with Crippen LogP contribution in [0.3, 0.4) is 0 Å². The highest BCUT2D eigenvalue weighted by atomic mass is 31.2. The molecule has 0 spiro atoms. The normalized spacial score (nSPS) is 14.2. The van der Waals surface area contributed by atoms with Crippen LogP contribution in [0.2, 0.25) is 0 Å². The van der Waals surface area contributed by atoms with Gasteiger partial charge >= 0.3 is 39.5 Å². The monoisotopic (exact) mass is 1400 g/mol. The molecule has 0 aliphatic rings. The number of aliphatic hydroxyl groups is 1. The van der Waals surface area contributed by atoms with Gasteiger partial charge in [-0.05, 0) is 31.6 Å². The molecule has 0 rings (SSSR count). The van der Waals surface area contributed by atoms with E-state index in [1.807, 2.05) is 0 Å². The number of phosphoric acid groups is 2. The third-order valence-corrected chi connectivity index (χ3v) is 20.0. The van der Waals surface area contributed by atoms with Crippen molar-refractivity contribution >= 4 is 39.5 Å². The minimum Gasteiger partial charge on any atom is -0.462 e. The fourth-order valence-electron chi connectivity index (χ4n) is 11.7. The summed E-state index contributed by atoms with van der Waals surface area (Å²) in [6.45, 7) is 7.30. The second-order valence-corrected chi connectivity index (χ2v) is 30.5. The Morgan fingerprint density at radius 1 is 0.295 bits per heavy atom. The van der Waals surface area contributed by atoms with Gasteiger partial charge in [0.2, 0.25) is 0 Å². The molecule has 0 saturated carbocycles. The van der Waals surface area contributed by atoms with Crippen LogP contribution in [0.15, 0.2) is 0 Å². The molecule has 0 amide bonds. The summed E-state index contributed by atoms with van der Waals surface area (Å²) in [6.07, 6.45) is 58.2. The molecule has 6 atom stereocenters. The summed E-state index contributed by atoms with van der Waals surface area (Å²) in [4.78, 5) is 72.7. The van der Waals surface area contributed by atoms with Crippen molar-refractivity contribution in [2.75, 3.05) is 39.6 Å². The molecule has 0 saturated heterocycles. The second-order valence-electron chi connectivity index (χ2n) is 27.6. The maximum atomic E-state index is 13.1. The smallest absolute Gasteiger partial charge is 0.462 e. The summed E-state index contributed by atoms with van der Waals surface area (Å²) in [5.41, 5.74) is 0. The van der Waals surface area contributed by atoms with Gasteiger partial charge in [-0.1, -0.05) is 349 Å². The number of carbonyl (C=O) groups excluding carboxylic acids is 4. The van der Waals surface area contributed by atoms with Crippen LogP contribution in [0.25, 0.3) is 0 Å². The summed E-state index contributed by atoms with van der Waals surface area (Å²) in [6, 6.07) is 0. The highest BCUT2D eigenvalue weighted by Gasteiger charge is 2.30. The molecule has 3 unspecified atom stereocenters. The van der Waals surface area contributed by atoms with E-state index in [0.717, 1.165) is 102 Å². The number of aliphatic hydroxyl groups excluding tert-OH is 1. The number of esters is 4. The molecule has 0 heterocycles. The maximum Gasteiger partial charge on any atom is 0.472 e. The molecule has 0 aromatic rings. The van der Waals surface area contributed by atoms with Crippen molar-refractivity contribution in [2.45, 2.75) is 419 Å². The van der Waals surface area contributed by atoms with Crippen molar-refractivity contribution in [1.29, 1.82) is 0 Å². The number of rotatable bonds is 76. The molecule has 0 aromatic carbocycles. The van der Waals surface area contributed by atoms with Crippen molar-refractivity contribution in [1.82, 2.24) is 0 Å². The van der Waals surface area contributed by atoms with Gasteiger partial charge in [-0.15, -0.1) is 0 Å². The standard InChI is InChI=1S/C76H148O17P2/c1-6-10-13-16-19-22-24-26-27-28-29-30-31-32-34-36-42-47-52-57-62-76(81)93-72(66-87-74(79)60-55-50-45-40-38-37-39-43-48-53-58-69(5)9-4)68-91-95(84,85)89-64-70(77)63-88-94(82,83)90-67-71(65-86-73(78)59-54-49-44-21-18-15-12-8-3)92-75(80)61-56-51-46-41-35-33-25-23-20-17-14-11-7-2/h69-72,77H,6-68H2,1-5H3,(H,82,83)(H,84,85)/t69?,70-,71+,72+/m0/s1. The Labute approximate surface area is 581 Å². The Kier molecular flexibility index (Phi) is 67.7. The van der Waals surface area contributed by atoms with E-state index in [-0.39, 0.29) is 25.7 Å². The molecular weight excluding hydrogens is 1250 g/mol. The van der Waals surface area contributed by atoms with Crippen LogP contribution >= 0.6 is 15.6 Å². The summed E-state index contributed by atoms with van der Waals surface area (Å²) in [7, 11) is -9.91. The molecule has 0 bridgehead atoms. The third-order valence-electron chi connectivity index (χ3n) is 18.1. The van der Waals surface area contributed by atoms with Gasteiger partial charge in [0.05, 0.1) is 26.4 Å². The number of carbonyl (C=O) groups is 4. The van der Waals surface area contributed by atoms with Crippen LogP contribution in [0.5, 0.6) is 0 Å². The average molecular weight is 1400 g/mol. The van der Waals surface area contributed by atoms with Crippen molar-refractivity contribution in [3.05, 3.63) is 0 Å². The molecule has 95 heavy (non-hydrogen) atoms. The van der Waals surface area contributed by atoms with Crippen LogP contribution in [-0.2, 0) is 65.4 Å². The number of hydrogen-bond acceptors (Lipinski definition) is 15. The number of unbranched alkanes of at least 4 members (excludes halogenated alkanes) is 47. The van der Waals surface area contributed by atoms with Crippen molar-refractivity contribution in [2.24, 2.45) is 5.92 Å². The lowest BCUT2D eigenvalue weighted by Crippen LogP contribution is -2.30. The first-order valence-corrected chi connectivity index (χ1v) is 42.7. The number of hydrogen-bond donors (Lipinski definition) is 3. The van der Waals surface area contributed by atoms with E-state index >= 15 is 0 Å². The van der Waals surface area contributed by atoms with Crippen LogP contribution in [-0.4, -0.2) is 96.7 Å². The summed E-state index contributed by atoms with van der Waals surface area (Å²) < 4.78 is 68.5. The van der Waals surface area contributed by atoms with Crippen LogP contribution in [0.1, 0.15) is 401 Å². The van der Waals surface area contributed by atoms with E-state index in [1.54, 1.807) is 0 Å². The Balaban J connectivity index is 5.19. The highest BCUT2D eigenvalue weighted by Crippen LogP contribution is 2.45. The van der Waals surface area contributed by atoms with Gasteiger partial charge in [-0.25, -0.2) is 9.13 Å². The first kappa shape index (κ1) is 93.1. The summed E-state index contributed by atoms with van der Waals surface area (Å²) in [5, 5.41) is 10.6. The van der Waals surface area contributed by atoms with E-state index in [2.05, 4.69) is 34.6 Å². The molecule has 0 aromatic heterocycles. The van der Waals surface area contributed by atoms with Gasteiger partial charge in [0.1, 0.15) is 19.3 Å². The van der Waals surface area contributed by atoms with Gasteiger partial charge in [0.25, 0.3) is 0 Å². The van der Waals surface area contributed by atoms with Gasteiger partial charge in [0, 0.05) is 25.7 Å². The second kappa shape index (κ2) is 69.2. The fourth-order valence-corrected chi connectivity index (χ4v) is 13.3. The maximum absolute atomic E-state index is 13.1. The first-order valence-electron chi connectivity index (χ1n) is 39.7. The Bertz CT molecular complexity index is 1820. The van der Waals surface area contributed by atoms with Crippen LogP contribution in [0, 0.1) is 5.92 Å². The Hall–Kier alpha value is -1.94. The van der Waals surface area contributed by atoms with Crippen LogP contribution in [0.4, 0.5) is 0 Å². The number of ether oxygens (including phenoxy) is 4. The Morgan fingerprint density at radius 2 is 0.505 bits per heavy atom. The zero-order chi connectivity index (χ0) is 69.8. The first-order chi connectivity index (χ1) is 46.1. The molecular formula is C76H148O17P2. The van der Waals surface area contributed by atoms with Crippen molar-refractivity contribution in [3.63, 3.8) is 0 Å². The predicted molar refractivity (Wildman–Crippen MR) is 386 cm³/mol. The quantitative estimate of drug-likeness (QED) is 0.0222. The largest absolute Gasteiger partial charge is 0.472 e. The van der Waals surface area contributed by atoms with Gasteiger partial charge in [-0.3, -0.25) is 37.3 Å². The molecule has 564 valence electrons. The number of phosphoric ester groups is 2. The van der Waals surface area contributed by atoms with E-state index < -0.39 is 97.5 Å². The van der Waals surface area contributed by atoms with Gasteiger partial charge in [-0.2, -0.15) is 0 Å². The Morgan fingerprint density at radius 3 is 0.747 bits per heavy atom. The molecule has 0 fully saturated rings. The lowest BCUT2D eigenvalue weighted by Gasteiger charge is -2.21. The fraction of sp³-hybridized carbons (Fsp3) is 0.947. The molecule has 19 heteroatoms. The summed E-state index contributed by atoms with van der Waals surface area (Å²) >= 11 is 0. The van der Waals surface area contributed by atoms with Gasteiger partial charge < -0.3 is 33.8 Å². The SMILES string of the molecule is CCCCCCCCCCCCCCCCCCCCCCC(=O)O[C@H](COC(=O)CCCCCCCCCCCCC(C)CC)COP(=O)(O)OC[C@@H](O)COP(=O)(O)OC[C@@H](COC(=O)CCCCCCCCCC)OC(=O)CCCCCCCCCCCCCCC. The minimum atomic E-state index is -4.96. The van der Waals surface area contributed by atoms with E-state index in [4.69, 9.17) is 37.0 Å². The molecule has 0 aliphatic carbocycles. The minimum absolute atomic E-state index is 0.108. The van der Waals surface area contributed by atoms with Crippen molar-refractivity contribution < 1.29 is 80.2 Å². The average Bonchev–Trinajstić information content (AvgIpc) is 2.60. The highest BCUT2D eigenvalue weighted by molar-refractivity contribution is 7.47. The lowest BCUT2D eigenvalue weighted by molar-refractivity contribution is -0.161. The molecule has 0 aliphatic heterocycles. The van der Waals surface area contributed by atoms with Crippen molar-refractivity contribution in [3.8, 4) is 0 Å². The summed E-state index contributed by atoms with van der Waals surface area (Å²) in [5.74, 6) is -1.31. The van der Waals surface area contributed by atoms with E-state index in [1.165, 1.54) is 218 Å². The van der Waals surface area contributed by atoms with Gasteiger partial charge in [0.15, 0.2) is 12.2 Å².